The van der Waals surface area contributed by atoms with Crippen molar-refractivity contribution in [2.75, 3.05) is 13.1 Å². The van der Waals surface area contributed by atoms with Gasteiger partial charge in [0.25, 0.3) is 5.91 Å². The maximum atomic E-state index is 12.5. The summed E-state index contributed by atoms with van der Waals surface area (Å²) in [4.78, 5) is 15.7. The van der Waals surface area contributed by atoms with Crippen LogP contribution in [0.3, 0.4) is 0 Å². The minimum absolute atomic E-state index is 0.159. The Kier molecular flexibility index (Phi) is 3.47. The van der Waals surface area contributed by atoms with E-state index in [1.54, 1.807) is 0 Å². The van der Waals surface area contributed by atoms with Crippen LogP contribution in [0.4, 0.5) is 0 Å². The first-order valence-electron chi connectivity index (χ1n) is 7.26. The van der Waals surface area contributed by atoms with Crippen molar-refractivity contribution >= 4 is 16.8 Å². The van der Waals surface area contributed by atoms with E-state index in [1.807, 2.05) is 13.8 Å². The molecular formula is C16H21N3O2. The normalized spacial score (nSPS) is 21.9. The number of nitrogens with one attached hydrogen (secondary N) is 3. The number of amides is 1. The molecule has 0 bridgehead atoms. The number of carbonyl (C=O) groups excluding carboxylic acids is 1. The molecule has 2 heterocycles. The van der Waals surface area contributed by atoms with E-state index in [1.165, 1.54) is 5.56 Å². The van der Waals surface area contributed by atoms with Gasteiger partial charge >= 0.3 is 0 Å². The number of β-amino-alcohol motifs (C(OH)–C–C–N with tert-alkyl or cyclic N) is 1. The first-order chi connectivity index (χ1) is 9.97. The molecule has 0 unspecified atom stereocenters. The van der Waals surface area contributed by atoms with E-state index in [9.17, 15) is 9.90 Å². The predicted octanol–water partition coefficient (Wildman–Crippen LogP) is 1.16. The Labute approximate surface area is 123 Å². The summed E-state index contributed by atoms with van der Waals surface area (Å²) in [5.74, 6) is -0.159. The lowest BCUT2D eigenvalue weighted by atomic mass is 10.1. The number of hydrogen-bond acceptors (Lipinski definition) is 3. The van der Waals surface area contributed by atoms with Crippen molar-refractivity contribution in [3.8, 4) is 0 Å². The number of benzene rings is 1. The second-order valence-corrected chi connectivity index (χ2v) is 5.93. The number of fused-ring (bicyclic) bond motifs is 1. The fraction of sp³-hybridized carbons (Fsp3) is 0.438. The second kappa shape index (κ2) is 5.16. The summed E-state index contributed by atoms with van der Waals surface area (Å²) in [7, 11) is 0. The lowest BCUT2D eigenvalue weighted by molar-refractivity contribution is 0.0884. The van der Waals surface area contributed by atoms with Gasteiger partial charge in [-0.05, 0) is 38.0 Å². The monoisotopic (exact) mass is 287 g/mol. The fourth-order valence-electron chi connectivity index (χ4n) is 3.06. The molecule has 1 amide bonds. The van der Waals surface area contributed by atoms with Crippen LogP contribution in [-0.2, 0) is 0 Å². The topological polar surface area (TPSA) is 77.2 Å². The Morgan fingerprint density at radius 1 is 1.29 bits per heavy atom. The summed E-state index contributed by atoms with van der Waals surface area (Å²) >= 11 is 0. The number of aromatic amines is 1. The van der Waals surface area contributed by atoms with Crippen LogP contribution in [0.5, 0.6) is 0 Å². The number of aliphatic hydroxyl groups is 1. The van der Waals surface area contributed by atoms with Crippen molar-refractivity contribution < 1.29 is 9.90 Å². The Morgan fingerprint density at radius 3 is 2.71 bits per heavy atom. The average molecular weight is 287 g/mol. The summed E-state index contributed by atoms with van der Waals surface area (Å²) in [6.45, 7) is 7.17. The molecule has 4 N–H and O–H groups in total. The van der Waals surface area contributed by atoms with Gasteiger partial charge in [0.2, 0.25) is 0 Å². The van der Waals surface area contributed by atoms with Crippen molar-refractivity contribution in [3.05, 3.63) is 34.5 Å². The Balaban J connectivity index is 1.95. The number of H-pyrrole nitrogens is 1. The van der Waals surface area contributed by atoms with Gasteiger partial charge in [0.05, 0.1) is 12.1 Å². The van der Waals surface area contributed by atoms with Crippen molar-refractivity contribution in [2.45, 2.75) is 32.9 Å². The highest BCUT2D eigenvalue weighted by atomic mass is 16.3. The molecule has 112 valence electrons. The van der Waals surface area contributed by atoms with Gasteiger partial charge in [-0.3, -0.25) is 4.79 Å². The number of aliphatic hydroxyl groups excluding tert-OH is 1. The summed E-state index contributed by atoms with van der Waals surface area (Å²) in [5.41, 5.74) is 4.86. The van der Waals surface area contributed by atoms with E-state index >= 15 is 0 Å². The molecule has 21 heavy (non-hydrogen) atoms. The van der Waals surface area contributed by atoms with Crippen LogP contribution < -0.4 is 10.6 Å². The Morgan fingerprint density at radius 2 is 2.05 bits per heavy atom. The Hall–Kier alpha value is -1.85. The van der Waals surface area contributed by atoms with Crippen LogP contribution in [0.25, 0.3) is 10.9 Å². The van der Waals surface area contributed by atoms with Gasteiger partial charge in [0.15, 0.2) is 0 Å². The first-order valence-corrected chi connectivity index (χ1v) is 7.26. The van der Waals surface area contributed by atoms with Gasteiger partial charge in [0, 0.05) is 24.0 Å². The molecule has 0 spiro atoms. The van der Waals surface area contributed by atoms with Gasteiger partial charge in [0.1, 0.15) is 5.69 Å². The lowest BCUT2D eigenvalue weighted by Gasteiger charge is -2.15. The van der Waals surface area contributed by atoms with Gasteiger partial charge in [-0.25, -0.2) is 0 Å². The van der Waals surface area contributed by atoms with E-state index in [0.717, 1.165) is 22.0 Å². The maximum absolute atomic E-state index is 12.5. The second-order valence-electron chi connectivity index (χ2n) is 5.93. The highest BCUT2D eigenvalue weighted by Crippen LogP contribution is 2.26. The zero-order valence-electron chi connectivity index (χ0n) is 12.6. The van der Waals surface area contributed by atoms with Crippen molar-refractivity contribution in [3.63, 3.8) is 0 Å². The van der Waals surface area contributed by atoms with Crippen molar-refractivity contribution in [1.29, 1.82) is 0 Å². The number of aromatic nitrogens is 1. The van der Waals surface area contributed by atoms with E-state index in [2.05, 4.69) is 34.7 Å². The predicted molar refractivity (Wildman–Crippen MR) is 82.6 cm³/mol. The molecule has 1 saturated heterocycles. The van der Waals surface area contributed by atoms with Crippen LogP contribution in [0.2, 0.25) is 0 Å². The van der Waals surface area contributed by atoms with E-state index in [0.29, 0.717) is 18.8 Å². The highest BCUT2D eigenvalue weighted by molar-refractivity contribution is 6.01. The van der Waals surface area contributed by atoms with Crippen LogP contribution in [0.15, 0.2) is 12.1 Å². The van der Waals surface area contributed by atoms with E-state index < -0.39 is 6.10 Å². The SMILES string of the molecule is Cc1cc(C)c2[nH]c(C(=O)N[C@@H]3CNC[C@H]3O)c(C)c2c1. The minimum atomic E-state index is -0.525. The third-order valence-electron chi connectivity index (χ3n) is 4.23. The summed E-state index contributed by atoms with van der Waals surface area (Å²) < 4.78 is 0. The molecule has 1 aliphatic heterocycles. The third-order valence-corrected chi connectivity index (χ3v) is 4.23. The molecular weight excluding hydrogens is 266 g/mol. The van der Waals surface area contributed by atoms with Crippen molar-refractivity contribution in [2.24, 2.45) is 0 Å². The van der Waals surface area contributed by atoms with Crippen LogP contribution in [-0.4, -0.2) is 41.2 Å². The average Bonchev–Trinajstić information content (AvgIpc) is 2.95. The van der Waals surface area contributed by atoms with E-state index in [-0.39, 0.29) is 11.9 Å². The van der Waals surface area contributed by atoms with Gasteiger partial charge in [-0.15, -0.1) is 0 Å². The molecule has 3 rings (SSSR count). The molecule has 5 nitrogen and oxygen atoms in total. The number of aryl methyl sites for hydroxylation is 3. The number of hydrogen-bond donors (Lipinski definition) is 4. The fourth-order valence-corrected chi connectivity index (χ4v) is 3.06. The van der Waals surface area contributed by atoms with E-state index in [4.69, 9.17) is 0 Å². The largest absolute Gasteiger partial charge is 0.390 e. The summed E-state index contributed by atoms with van der Waals surface area (Å²) in [5, 5.41) is 16.8. The molecule has 1 aromatic heterocycles. The molecule has 1 aliphatic rings. The first kappa shape index (κ1) is 14.1. The zero-order valence-corrected chi connectivity index (χ0v) is 12.6. The quantitative estimate of drug-likeness (QED) is 0.669. The van der Waals surface area contributed by atoms with Crippen LogP contribution in [0, 0.1) is 20.8 Å². The standard InChI is InChI=1S/C16H21N3O2/c1-8-4-9(2)14-11(5-8)10(3)15(19-14)16(21)18-12-6-17-7-13(12)20/h4-5,12-13,17,19-20H,6-7H2,1-3H3,(H,18,21)/t12-,13-/m1/s1. The molecule has 1 fully saturated rings. The molecule has 1 aromatic carbocycles. The third kappa shape index (κ3) is 2.43. The highest BCUT2D eigenvalue weighted by Gasteiger charge is 2.27. The van der Waals surface area contributed by atoms with Crippen molar-refractivity contribution in [1.82, 2.24) is 15.6 Å². The van der Waals surface area contributed by atoms with Crippen LogP contribution in [0.1, 0.15) is 27.2 Å². The van der Waals surface area contributed by atoms with Crippen LogP contribution >= 0.6 is 0 Å². The number of carbonyl (C=O) groups is 1. The smallest absolute Gasteiger partial charge is 0.268 e. The zero-order chi connectivity index (χ0) is 15.1. The number of rotatable bonds is 2. The Bertz CT molecular complexity index is 705. The minimum Gasteiger partial charge on any atom is -0.390 e. The lowest BCUT2D eigenvalue weighted by Crippen LogP contribution is -2.43. The molecule has 2 atom stereocenters. The maximum Gasteiger partial charge on any atom is 0.268 e. The molecule has 0 aliphatic carbocycles. The van der Waals surface area contributed by atoms with Gasteiger partial charge in [-0.2, -0.15) is 0 Å². The van der Waals surface area contributed by atoms with Gasteiger partial charge in [-0.1, -0.05) is 11.6 Å². The summed E-state index contributed by atoms with van der Waals surface area (Å²) in [6, 6.07) is 3.97. The molecule has 2 aromatic rings. The molecule has 0 saturated carbocycles. The molecule has 5 heteroatoms. The summed E-state index contributed by atoms with van der Waals surface area (Å²) in [6.07, 6.45) is -0.525. The van der Waals surface area contributed by atoms with Gasteiger partial charge < -0.3 is 20.7 Å². The molecule has 0 radical (unpaired) electrons.